The number of likely N-dealkylation sites (tertiary alicyclic amines) is 1. The van der Waals surface area contributed by atoms with E-state index >= 15 is 0 Å². The second kappa shape index (κ2) is 8.28. The molecule has 20 heavy (non-hydrogen) atoms. The van der Waals surface area contributed by atoms with Crippen LogP contribution in [0.5, 0.6) is 0 Å². The van der Waals surface area contributed by atoms with Crippen molar-refractivity contribution in [3.8, 4) is 0 Å². The molecule has 0 aromatic heterocycles. The van der Waals surface area contributed by atoms with E-state index < -0.39 is 0 Å². The maximum Gasteiger partial charge on any atom is 0.224 e. The van der Waals surface area contributed by atoms with Gasteiger partial charge in [-0.3, -0.25) is 9.59 Å². The van der Waals surface area contributed by atoms with Crippen LogP contribution in [0.25, 0.3) is 0 Å². The molecule has 1 atom stereocenters. The molecule has 4 nitrogen and oxygen atoms in total. The highest BCUT2D eigenvalue weighted by Gasteiger charge is 2.25. The average Bonchev–Trinajstić information content (AvgIpc) is 2.42. The second-order valence-corrected chi connectivity index (χ2v) is 6.25. The van der Waals surface area contributed by atoms with Crippen molar-refractivity contribution >= 4 is 11.8 Å². The van der Waals surface area contributed by atoms with E-state index in [0.717, 1.165) is 32.4 Å². The van der Waals surface area contributed by atoms with Crippen molar-refractivity contribution in [3.05, 3.63) is 0 Å². The molecule has 1 rings (SSSR count). The first kappa shape index (κ1) is 17.0. The summed E-state index contributed by atoms with van der Waals surface area (Å²) in [6.45, 7) is 10.1. The van der Waals surface area contributed by atoms with Gasteiger partial charge in [-0.15, -0.1) is 0 Å². The van der Waals surface area contributed by atoms with Crippen molar-refractivity contribution in [3.63, 3.8) is 0 Å². The topological polar surface area (TPSA) is 40.6 Å². The van der Waals surface area contributed by atoms with Crippen LogP contribution < -0.4 is 0 Å². The van der Waals surface area contributed by atoms with Gasteiger partial charge < -0.3 is 9.80 Å². The Morgan fingerprint density at radius 3 is 2.55 bits per heavy atom. The Kier molecular flexibility index (Phi) is 7.03. The number of amides is 2. The van der Waals surface area contributed by atoms with Crippen molar-refractivity contribution in [2.75, 3.05) is 19.6 Å². The predicted molar refractivity (Wildman–Crippen MR) is 81.4 cm³/mol. The molecular weight excluding hydrogens is 252 g/mol. The summed E-state index contributed by atoms with van der Waals surface area (Å²) in [6, 6.07) is 0.409. The van der Waals surface area contributed by atoms with Crippen molar-refractivity contribution in [1.29, 1.82) is 0 Å². The normalized spacial score (nSPS) is 19.2. The number of hydrogen-bond acceptors (Lipinski definition) is 2. The lowest BCUT2D eigenvalue weighted by molar-refractivity contribution is -0.136. The van der Waals surface area contributed by atoms with Gasteiger partial charge in [-0.05, 0) is 31.6 Å². The molecule has 0 bridgehead atoms. The van der Waals surface area contributed by atoms with Gasteiger partial charge in [0.15, 0.2) is 0 Å². The minimum Gasteiger partial charge on any atom is -0.342 e. The molecule has 2 amide bonds. The summed E-state index contributed by atoms with van der Waals surface area (Å²) in [6.07, 6.45) is 4.97. The minimum atomic E-state index is 0.0668. The molecule has 0 aromatic rings. The van der Waals surface area contributed by atoms with Crippen LogP contribution in [-0.4, -0.2) is 47.3 Å². The van der Waals surface area contributed by atoms with Crippen LogP contribution in [0.4, 0.5) is 0 Å². The molecule has 0 saturated carbocycles. The number of carbonyl (C=O) groups is 2. The Labute approximate surface area is 123 Å². The first-order valence-corrected chi connectivity index (χ1v) is 8.00. The summed E-state index contributed by atoms with van der Waals surface area (Å²) in [5.74, 6) is 0.719. The first-order chi connectivity index (χ1) is 9.45. The summed E-state index contributed by atoms with van der Waals surface area (Å²) in [5, 5.41) is 0. The summed E-state index contributed by atoms with van der Waals surface area (Å²) < 4.78 is 0. The van der Waals surface area contributed by atoms with Gasteiger partial charge in [0.25, 0.3) is 0 Å². The Morgan fingerprint density at radius 1 is 1.30 bits per heavy atom. The number of rotatable bonds is 6. The molecule has 4 heteroatoms. The lowest BCUT2D eigenvalue weighted by Crippen LogP contribution is -2.45. The largest absolute Gasteiger partial charge is 0.342 e. The molecular formula is C16H30N2O2. The predicted octanol–water partition coefficient (Wildman–Crippen LogP) is 2.67. The highest BCUT2D eigenvalue weighted by atomic mass is 16.2. The van der Waals surface area contributed by atoms with E-state index in [0.29, 0.717) is 24.9 Å². The molecule has 1 fully saturated rings. The molecule has 1 unspecified atom stereocenters. The third-order valence-electron chi connectivity index (χ3n) is 4.05. The lowest BCUT2D eigenvalue weighted by atomic mass is 9.99. The molecule has 0 aromatic carbocycles. The zero-order valence-electron chi connectivity index (χ0n) is 13.5. The van der Waals surface area contributed by atoms with Gasteiger partial charge in [0, 0.05) is 39.0 Å². The maximum absolute atomic E-state index is 12.4. The molecule has 1 aliphatic heterocycles. The Hall–Kier alpha value is -1.06. The zero-order chi connectivity index (χ0) is 15.1. The van der Waals surface area contributed by atoms with E-state index in [1.807, 2.05) is 4.90 Å². The van der Waals surface area contributed by atoms with Crippen LogP contribution >= 0.6 is 0 Å². The Balaban J connectivity index is 2.49. The van der Waals surface area contributed by atoms with Crippen molar-refractivity contribution in [2.24, 2.45) is 5.92 Å². The van der Waals surface area contributed by atoms with E-state index in [4.69, 9.17) is 0 Å². The molecule has 0 radical (unpaired) electrons. The van der Waals surface area contributed by atoms with Crippen LogP contribution in [0.3, 0.4) is 0 Å². The van der Waals surface area contributed by atoms with Gasteiger partial charge in [-0.1, -0.05) is 20.8 Å². The van der Waals surface area contributed by atoms with E-state index in [2.05, 4.69) is 20.8 Å². The number of carbonyl (C=O) groups excluding carboxylic acids is 2. The van der Waals surface area contributed by atoms with E-state index in [-0.39, 0.29) is 11.8 Å². The van der Waals surface area contributed by atoms with Gasteiger partial charge in [0.05, 0.1) is 0 Å². The van der Waals surface area contributed by atoms with Crippen molar-refractivity contribution in [2.45, 2.75) is 65.8 Å². The summed E-state index contributed by atoms with van der Waals surface area (Å²) >= 11 is 0. The summed E-state index contributed by atoms with van der Waals surface area (Å²) in [7, 11) is 0. The molecule has 0 N–H and O–H groups in total. The highest BCUT2D eigenvalue weighted by molar-refractivity contribution is 5.78. The third-order valence-corrected chi connectivity index (χ3v) is 4.05. The average molecular weight is 282 g/mol. The summed E-state index contributed by atoms with van der Waals surface area (Å²) in [4.78, 5) is 27.8. The van der Waals surface area contributed by atoms with Crippen molar-refractivity contribution < 1.29 is 9.59 Å². The fourth-order valence-corrected chi connectivity index (χ4v) is 2.95. The van der Waals surface area contributed by atoms with Crippen LogP contribution in [0, 0.1) is 5.92 Å². The molecule has 1 saturated heterocycles. The molecule has 1 heterocycles. The fraction of sp³-hybridized carbons (Fsp3) is 0.875. The van der Waals surface area contributed by atoms with E-state index in [9.17, 15) is 9.59 Å². The smallest absolute Gasteiger partial charge is 0.224 e. The molecule has 0 aliphatic carbocycles. The van der Waals surface area contributed by atoms with Crippen LogP contribution in [0.15, 0.2) is 0 Å². The van der Waals surface area contributed by atoms with Gasteiger partial charge in [0.1, 0.15) is 0 Å². The number of hydrogen-bond donors (Lipinski definition) is 0. The van der Waals surface area contributed by atoms with Gasteiger partial charge >= 0.3 is 0 Å². The van der Waals surface area contributed by atoms with Crippen molar-refractivity contribution in [1.82, 2.24) is 9.80 Å². The fourth-order valence-electron chi connectivity index (χ4n) is 2.95. The highest BCUT2D eigenvalue weighted by Crippen LogP contribution is 2.20. The van der Waals surface area contributed by atoms with Gasteiger partial charge in [-0.2, -0.15) is 0 Å². The molecule has 116 valence electrons. The van der Waals surface area contributed by atoms with Crippen LogP contribution in [0.2, 0.25) is 0 Å². The number of nitrogens with zero attached hydrogens (tertiary/aromatic N) is 2. The first-order valence-electron chi connectivity index (χ1n) is 8.00. The maximum atomic E-state index is 12.4. The SMILES string of the molecule is CCC1CCCCN1C(=O)CCN(CC(C)C)C(C)=O. The molecule has 1 aliphatic rings. The van der Waals surface area contributed by atoms with E-state index in [1.54, 1.807) is 11.8 Å². The van der Waals surface area contributed by atoms with Crippen LogP contribution in [0.1, 0.15) is 59.8 Å². The number of piperidine rings is 1. The zero-order valence-corrected chi connectivity index (χ0v) is 13.5. The van der Waals surface area contributed by atoms with E-state index in [1.165, 1.54) is 6.42 Å². The second-order valence-electron chi connectivity index (χ2n) is 6.25. The Bertz CT molecular complexity index is 328. The Morgan fingerprint density at radius 2 is 2.00 bits per heavy atom. The standard InChI is InChI=1S/C16H30N2O2/c1-5-15-8-6-7-10-18(15)16(20)9-11-17(14(4)19)12-13(2)3/h13,15H,5-12H2,1-4H3. The summed E-state index contributed by atoms with van der Waals surface area (Å²) in [5.41, 5.74) is 0. The van der Waals surface area contributed by atoms with Gasteiger partial charge in [-0.25, -0.2) is 0 Å². The minimum absolute atomic E-state index is 0.0668. The quantitative estimate of drug-likeness (QED) is 0.751. The van der Waals surface area contributed by atoms with Gasteiger partial charge in [0.2, 0.25) is 11.8 Å². The third kappa shape index (κ3) is 5.14. The monoisotopic (exact) mass is 282 g/mol. The van der Waals surface area contributed by atoms with Crippen LogP contribution in [-0.2, 0) is 9.59 Å². The lowest BCUT2D eigenvalue weighted by Gasteiger charge is -2.36. The molecule has 0 spiro atoms.